The maximum atomic E-state index is 12.7. The first kappa shape index (κ1) is 17.2. The Morgan fingerprint density at radius 1 is 1.19 bits per heavy atom. The van der Waals surface area contributed by atoms with Crippen molar-refractivity contribution in [1.82, 2.24) is 29.4 Å². The Kier molecular flexibility index (Phi) is 4.52. The minimum absolute atomic E-state index is 0.221. The Morgan fingerprint density at radius 3 is 2.73 bits per heavy atom. The number of hydrogen-bond acceptors (Lipinski definition) is 6. The van der Waals surface area contributed by atoms with Crippen molar-refractivity contribution in [2.24, 2.45) is 0 Å². The van der Waals surface area contributed by atoms with E-state index >= 15 is 0 Å². The molecule has 1 unspecified atom stereocenters. The molecule has 140 valence electrons. The number of carbonyl (C=O) groups is 1. The van der Waals surface area contributed by atoms with Gasteiger partial charge in [0.25, 0.3) is 5.78 Å². The molecule has 0 aliphatic carbocycles. The lowest BCUT2D eigenvalue weighted by Crippen LogP contribution is -2.37. The van der Waals surface area contributed by atoms with Gasteiger partial charge in [-0.1, -0.05) is 0 Å². The first-order chi connectivity index (χ1) is 12.5. The van der Waals surface area contributed by atoms with E-state index in [1.54, 1.807) is 4.52 Å². The van der Waals surface area contributed by atoms with Crippen molar-refractivity contribution in [3.8, 4) is 0 Å². The summed E-state index contributed by atoms with van der Waals surface area (Å²) in [5, 5.41) is 4.19. The van der Waals surface area contributed by atoms with E-state index in [4.69, 9.17) is 5.73 Å². The molecule has 0 bridgehead atoms. The van der Waals surface area contributed by atoms with E-state index in [1.807, 2.05) is 18.7 Å². The molecule has 0 radical (unpaired) electrons. The monoisotopic (exact) mass is 357 g/mol. The summed E-state index contributed by atoms with van der Waals surface area (Å²) in [5.74, 6) is 0.975. The molecule has 1 atom stereocenters. The average molecular weight is 357 g/mol. The Bertz CT molecular complexity index is 825. The van der Waals surface area contributed by atoms with Gasteiger partial charge in [-0.2, -0.15) is 9.50 Å². The molecular formula is C18H27N7O. The molecule has 0 saturated carbocycles. The highest BCUT2D eigenvalue weighted by Gasteiger charge is 2.31. The number of aromatic nitrogens is 4. The van der Waals surface area contributed by atoms with Crippen molar-refractivity contribution in [2.45, 2.75) is 52.0 Å². The number of nitrogen functional groups attached to an aromatic ring is 1. The predicted octanol–water partition coefficient (Wildman–Crippen LogP) is 0.953. The Morgan fingerprint density at radius 2 is 1.96 bits per heavy atom. The highest BCUT2D eigenvalue weighted by molar-refractivity contribution is 5.77. The molecule has 4 rings (SSSR count). The number of rotatable bonds is 4. The zero-order valence-corrected chi connectivity index (χ0v) is 15.6. The molecule has 8 heteroatoms. The zero-order valence-electron chi connectivity index (χ0n) is 15.6. The van der Waals surface area contributed by atoms with Crippen LogP contribution in [0.5, 0.6) is 0 Å². The maximum absolute atomic E-state index is 12.7. The molecule has 0 aromatic carbocycles. The van der Waals surface area contributed by atoms with Crippen LogP contribution in [0.2, 0.25) is 0 Å². The van der Waals surface area contributed by atoms with E-state index in [0.717, 1.165) is 36.5 Å². The summed E-state index contributed by atoms with van der Waals surface area (Å²) >= 11 is 0. The van der Waals surface area contributed by atoms with Gasteiger partial charge in [-0.25, -0.2) is 4.98 Å². The Balaban J connectivity index is 1.41. The topological polar surface area (TPSA) is 92.6 Å². The molecule has 4 heterocycles. The van der Waals surface area contributed by atoms with Crippen LogP contribution in [-0.2, 0) is 11.2 Å². The second-order valence-electron chi connectivity index (χ2n) is 7.47. The number of nitrogens with zero attached hydrogens (tertiary/aromatic N) is 6. The molecule has 2 aromatic heterocycles. The smallest absolute Gasteiger partial charge is 0.254 e. The number of fused-ring (bicyclic) bond motifs is 1. The van der Waals surface area contributed by atoms with Gasteiger partial charge >= 0.3 is 0 Å². The van der Waals surface area contributed by atoms with Crippen LogP contribution in [0.25, 0.3) is 5.78 Å². The number of likely N-dealkylation sites (tertiary alicyclic amines) is 2. The van der Waals surface area contributed by atoms with Crippen molar-refractivity contribution in [2.75, 3.05) is 31.9 Å². The maximum Gasteiger partial charge on any atom is 0.254 e. The van der Waals surface area contributed by atoms with Gasteiger partial charge in [0, 0.05) is 36.9 Å². The molecule has 2 aliphatic heterocycles. The minimum Gasteiger partial charge on any atom is -0.366 e. The van der Waals surface area contributed by atoms with Gasteiger partial charge in [0.15, 0.2) is 0 Å². The van der Waals surface area contributed by atoms with Gasteiger partial charge < -0.3 is 10.6 Å². The predicted molar refractivity (Wildman–Crippen MR) is 98.8 cm³/mol. The SMILES string of the molecule is Cc1nc2nc(N)nn2c(C)c1CCC(=O)N1CCC(N2CCCC2)C1. The fourth-order valence-corrected chi connectivity index (χ4v) is 4.35. The average Bonchev–Trinajstić information content (AvgIpc) is 3.34. The molecule has 0 spiro atoms. The standard InChI is InChI=1S/C18H27N7O/c1-12-15(13(2)25-18(20-12)21-17(19)22-25)5-6-16(26)24-10-7-14(11-24)23-8-3-4-9-23/h14H,3-11H2,1-2H3,(H2,19,22). The van der Waals surface area contributed by atoms with Crippen molar-refractivity contribution < 1.29 is 4.79 Å². The van der Waals surface area contributed by atoms with Gasteiger partial charge in [0.1, 0.15) is 0 Å². The number of anilines is 1. The second-order valence-corrected chi connectivity index (χ2v) is 7.47. The number of amides is 1. The highest BCUT2D eigenvalue weighted by atomic mass is 16.2. The Labute approximate surface area is 153 Å². The van der Waals surface area contributed by atoms with Gasteiger partial charge in [0.2, 0.25) is 11.9 Å². The van der Waals surface area contributed by atoms with Crippen molar-refractivity contribution in [1.29, 1.82) is 0 Å². The molecular weight excluding hydrogens is 330 g/mol. The number of carbonyl (C=O) groups excluding carboxylic acids is 1. The minimum atomic E-state index is 0.221. The summed E-state index contributed by atoms with van der Waals surface area (Å²) in [6.07, 6.45) is 4.88. The van der Waals surface area contributed by atoms with Gasteiger partial charge in [0.05, 0.1) is 0 Å². The molecule has 2 N–H and O–H groups in total. The largest absolute Gasteiger partial charge is 0.366 e. The molecule has 26 heavy (non-hydrogen) atoms. The van der Waals surface area contributed by atoms with E-state index < -0.39 is 0 Å². The molecule has 2 aromatic rings. The van der Waals surface area contributed by atoms with Crippen molar-refractivity contribution in [3.05, 3.63) is 17.0 Å². The third-order valence-electron chi connectivity index (χ3n) is 5.83. The summed E-state index contributed by atoms with van der Waals surface area (Å²) in [4.78, 5) is 25.9. The van der Waals surface area contributed by atoms with Crippen LogP contribution in [-0.4, -0.2) is 67.5 Å². The van der Waals surface area contributed by atoms with Crippen LogP contribution in [0.4, 0.5) is 5.95 Å². The first-order valence-corrected chi connectivity index (χ1v) is 9.53. The second kappa shape index (κ2) is 6.83. The van der Waals surface area contributed by atoms with Crippen LogP contribution in [0, 0.1) is 13.8 Å². The molecule has 8 nitrogen and oxygen atoms in total. The molecule has 1 amide bonds. The quantitative estimate of drug-likeness (QED) is 0.876. The molecule has 2 fully saturated rings. The van der Waals surface area contributed by atoms with E-state index in [2.05, 4.69) is 20.0 Å². The van der Waals surface area contributed by atoms with Crippen molar-refractivity contribution in [3.63, 3.8) is 0 Å². The summed E-state index contributed by atoms with van der Waals surface area (Å²) in [6, 6.07) is 0.557. The highest BCUT2D eigenvalue weighted by Crippen LogP contribution is 2.22. The summed E-state index contributed by atoms with van der Waals surface area (Å²) in [7, 11) is 0. The van der Waals surface area contributed by atoms with E-state index in [1.165, 1.54) is 25.9 Å². The fraction of sp³-hybridized carbons (Fsp3) is 0.667. The third-order valence-corrected chi connectivity index (χ3v) is 5.83. The number of hydrogen-bond donors (Lipinski definition) is 1. The normalized spacial score (nSPS) is 21.2. The van der Waals surface area contributed by atoms with Gasteiger partial charge in [-0.05, 0) is 58.2 Å². The van der Waals surface area contributed by atoms with E-state index in [0.29, 0.717) is 24.7 Å². The third kappa shape index (κ3) is 3.13. The first-order valence-electron chi connectivity index (χ1n) is 9.53. The van der Waals surface area contributed by atoms with Crippen molar-refractivity contribution >= 4 is 17.6 Å². The van der Waals surface area contributed by atoms with Crippen LogP contribution >= 0.6 is 0 Å². The molecule has 2 aliphatic rings. The summed E-state index contributed by atoms with van der Waals surface area (Å²) < 4.78 is 1.67. The fourth-order valence-electron chi connectivity index (χ4n) is 4.35. The van der Waals surface area contributed by atoms with E-state index in [9.17, 15) is 4.79 Å². The van der Waals surface area contributed by atoms with Gasteiger partial charge in [-0.15, -0.1) is 5.10 Å². The summed E-state index contributed by atoms with van der Waals surface area (Å²) in [6.45, 7) is 8.09. The lowest BCUT2D eigenvalue weighted by molar-refractivity contribution is -0.130. The lowest BCUT2D eigenvalue weighted by Gasteiger charge is -2.23. The number of aryl methyl sites for hydroxylation is 2. The summed E-state index contributed by atoms with van der Waals surface area (Å²) in [5.41, 5.74) is 8.60. The zero-order chi connectivity index (χ0) is 18.3. The van der Waals surface area contributed by atoms with Crippen LogP contribution in [0.1, 0.15) is 42.6 Å². The van der Waals surface area contributed by atoms with Crippen LogP contribution < -0.4 is 5.73 Å². The Hall–Kier alpha value is -2.22. The lowest BCUT2D eigenvalue weighted by atomic mass is 10.1. The van der Waals surface area contributed by atoms with Crippen LogP contribution in [0.3, 0.4) is 0 Å². The van der Waals surface area contributed by atoms with Crippen LogP contribution in [0.15, 0.2) is 0 Å². The van der Waals surface area contributed by atoms with E-state index in [-0.39, 0.29) is 11.9 Å². The number of nitrogens with two attached hydrogens (primary N) is 1. The van der Waals surface area contributed by atoms with Gasteiger partial charge in [-0.3, -0.25) is 9.69 Å². The molecule has 2 saturated heterocycles.